The van der Waals surface area contributed by atoms with Crippen LogP contribution < -0.4 is 5.32 Å². The lowest BCUT2D eigenvalue weighted by Gasteiger charge is -2.08. The van der Waals surface area contributed by atoms with E-state index in [4.69, 9.17) is 0 Å². The number of nitrogens with one attached hydrogen (secondary N) is 1. The fourth-order valence-electron chi connectivity index (χ4n) is 2.36. The second-order valence-corrected chi connectivity index (χ2v) is 6.43. The van der Waals surface area contributed by atoms with Gasteiger partial charge in [-0.05, 0) is 38.1 Å². The molecule has 7 heteroatoms. The van der Waals surface area contributed by atoms with Crippen LogP contribution in [-0.4, -0.2) is 31.4 Å². The van der Waals surface area contributed by atoms with Crippen molar-refractivity contribution >= 4 is 23.4 Å². The Kier molecular flexibility index (Phi) is 5.45. The number of rotatable bonds is 6. The summed E-state index contributed by atoms with van der Waals surface area (Å²) < 4.78 is 2.00. The van der Waals surface area contributed by atoms with Gasteiger partial charge in [-0.25, -0.2) is 0 Å². The Bertz CT molecular complexity index is 846. The van der Waals surface area contributed by atoms with Crippen LogP contribution in [0.1, 0.15) is 12.5 Å². The molecule has 0 atom stereocenters. The van der Waals surface area contributed by atoms with Crippen molar-refractivity contribution in [1.82, 2.24) is 19.7 Å². The lowest BCUT2D eigenvalue weighted by molar-refractivity contribution is -0.113. The largest absolute Gasteiger partial charge is 0.325 e. The van der Waals surface area contributed by atoms with Crippen molar-refractivity contribution in [3.63, 3.8) is 0 Å². The molecule has 25 heavy (non-hydrogen) atoms. The molecule has 0 saturated heterocycles. The number of carbonyl (C=O) groups excluding carboxylic acids is 1. The number of thioether (sulfide) groups is 1. The SMILES string of the molecule is CCn1c(SCC(=O)Nc2ccc(C)cc2)nnc1-c1ccncc1. The summed E-state index contributed by atoms with van der Waals surface area (Å²) in [6.07, 6.45) is 3.46. The third-order valence-electron chi connectivity index (χ3n) is 3.64. The Balaban J connectivity index is 1.66. The summed E-state index contributed by atoms with van der Waals surface area (Å²) in [6.45, 7) is 4.77. The molecule has 3 rings (SSSR count). The van der Waals surface area contributed by atoms with Crippen LogP contribution in [0.2, 0.25) is 0 Å². The number of hydrogen-bond acceptors (Lipinski definition) is 5. The molecule has 1 aromatic carbocycles. The minimum Gasteiger partial charge on any atom is -0.325 e. The number of aromatic nitrogens is 4. The van der Waals surface area contributed by atoms with Crippen LogP contribution in [-0.2, 0) is 11.3 Å². The fraction of sp³-hybridized carbons (Fsp3) is 0.222. The van der Waals surface area contributed by atoms with Crippen molar-refractivity contribution in [2.45, 2.75) is 25.5 Å². The van der Waals surface area contributed by atoms with Crippen LogP contribution in [0.15, 0.2) is 53.9 Å². The van der Waals surface area contributed by atoms with Crippen molar-refractivity contribution in [3.8, 4) is 11.4 Å². The van der Waals surface area contributed by atoms with Crippen LogP contribution >= 0.6 is 11.8 Å². The average Bonchev–Trinajstić information content (AvgIpc) is 3.05. The average molecular weight is 353 g/mol. The molecule has 2 heterocycles. The number of benzene rings is 1. The summed E-state index contributed by atoms with van der Waals surface area (Å²) in [5, 5.41) is 12.1. The van der Waals surface area contributed by atoms with Gasteiger partial charge in [-0.3, -0.25) is 9.78 Å². The Morgan fingerprint density at radius 3 is 2.52 bits per heavy atom. The van der Waals surface area contributed by atoms with Crippen LogP contribution in [0.4, 0.5) is 5.69 Å². The molecule has 0 saturated carbocycles. The van der Waals surface area contributed by atoms with E-state index >= 15 is 0 Å². The van der Waals surface area contributed by atoms with Gasteiger partial charge in [-0.15, -0.1) is 10.2 Å². The fourth-order valence-corrected chi connectivity index (χ4v) is 3.16. The molecule has 0 radical (unpaired) electrons. The molecule has 1 N–H and O–H groups in total. The van der Waals surface area contributed by atoms with Crippen molar-refractivity contribution in [3.05, 3.63) is 54.4 Å². The number of pyridine rings is 1. The summed E-state index contributed by atoms with van der Waals surface area (Å²) in [6, 6.07) is 11.5. The van der Waals surface area contributed by atoms with E-state index in [2.05, 4.69) is 20.5 Å². The van der Waals surface area contributed by atoms with E-state index in [1.807, 2.05) is 54.8 Å². The molecule has 0 spiro atoms. The van der Waals surface area contributed by atoms with Gasteiger partial charge in [-0.2, -0.15) is 0 Å². The molecule has 3 aromatic rings. The van der Waals surface area contributed by atoms with Crippen LogP contribution in [0.5, 0.6) is 0 Å². The number of anilines is 1. The Morgan fingerprint density at radius 1 is 1.12 bits per heavy atom. The molecule has 0 unspecified atom stereocenters. The minimum atomic E-state index is -0.0648. The van der Waals surface area contributed by atoms with Gasteiger partial charge in [-0.1, -0.05) is 29.5 Å². The summed E-state index contributed by atoms with van der Waals surface area (Å²) in [5.41, 5.74) is 2.91. The first-order valence-corrected chi connectivity index (χ1v) is 8.99. The highest BCUT2D eigenvalue weighted by Gasteiger charge is 2.14. The lowest BCUT2D eigenvalue weighted by atomic mass is 10.2. The zero-order chi connectivity index (χ0) is 17.6. The molecule has 0 aliphatic rings. The smallest absolute Gasteiger partial charge is 0.234 e. The standard InChI is InChI=1S/C18H19N5OS/c1-3-23-17(14-8-10-19-11-9-14)21-22-18(23)25-12-16(24)20-15-6-4-13(2)5-7-15/h4-11H,3,12H2,1-2H3,(H,20,24). The molecule has 0 fully saturated rings. The minimum absolute atomic E-state index is 0.0648. The van der Waals surface area contributed by atoms with E-state index in [-0.39, 0.29) is 11.7 Å². The monoisotopic (exact) mass is 353 g/mol. The van der Waals surface area contributed by atoms with Crippen molar-refractivity contribution in [2.24, 2.45) is 0 Å². The second-order valence-electron chi connectivity index (χ2n) is 5.49. The van der Waals surface area contributed by atoms with Crippen molar-refractivity contribution in [1.29, 1.82) is 0 Å². The molecule has 0 aliphatic carbocycles. The molecule has 0 aliphatic heterocycles. The predicted molar refractivity (Wildman–Crippen MR) is 99.5 cm³/mol. The first-order valence-electron chi connectivity index (χ1n) is 8.00. The van der Waals surface area contributed by atoms with E-state index in [0.717, 1.165) is 34.3 Å². The third kappa shape index (κ3) is 4.24. The Hall–Kier alpha value is -2.67. The summed E-state index contributed by atoms with van der Waals surface area (Å²) in [5.74, 6) is 0.999. The molecule has 128 valence electrons. The maximum Gasteiger partial charge on any atom is 0.234 e. The highest BCUT2D eigenvalue weighted by Crippen LogP contribution is 2.23. The van der Waals surface area contributed by atoms with E-state index in [1.165, 1.54) is 11.8 Å². The maximum absolute atomic E-state index is 12.1. The van der Waals surface area contributed by atoms with Crippen molar-refractivity contribution < 1.29 is 4.79 Å². The lowest BCUT2D eigenvalue weighted by Crippen LogP contribution is -2.14. The molecule has 0 bridgehead atoms. The predicted octanol–water partition coefficient (Wildman–Crippen LogP) is 3.40. The number of nitrogens with zero attached hydrogens (tertiary/aromatic N) is 4. The molecule has 2 aromatic heterocycles. The van der Waals surface area contributed by atoms with Crippen molar-refractivity contribution in [2.75, 3.05) is 11.1 Å². The normalized spacial score (nSPS) is 10.6. The highest BCUT2D eigenvalue weighted by atomic mass is 32.2. The van der Waals surface area contributed by atoms with E-state index < -0.39 is 0 Å². The van der Waals surface area contributed by atoms with Gasteiger partial charge in [0, 0.05) is 30.2 Å². The number of amides is 1. The Labute approximate surface area is 150 Å². The van der Waals surface area contributed by atoms with Gasteiger partial charge in [0.05, 0.1) is 5.75 Å². The topological polar surface area (TPSA) is 72.7 Å². The third-order valence-corrected chi connectivity index (χ3v) is 4.61. The maximum atomic E-state index is 12.1. The van der Waals surface area contributed by atoms with Gasteiger partial charge in [0.25, 0.3) is 0 Å². The first-order chi connectivity index (χ1) is 12.2. The summed E-state index contributed by atoms with van der Waals surface area (Å²) in [4.78, 5) is 16.2. The number of carbonyl (C=O) groups is 1. The molecule has 1 amide bonds. The molecule has 6 nitrogen and oxygen atoms in total. The number of aryl methyl sites for hydroxylation is 1. The van der Waals surface area contributed by atoms with Gasteiger partial charge >= 0.3 is 0 Å². The highest BCUT2D eigenvalue weighted by molar-refractivity contribution is 7.99. The van der Waals surface area contributed by atoms with Crippen LogP contribution in [0, 0.1) is 6.92 Å². The van der Waals surface area contributed by atoms with E-state index in [9.17, 15) is 4.79 Å². The summed E-state index contributed by atoms with van der Waals surface area (Å²) >= 11 is 1.38. The molecular weight excluding hydrogens is 334 g/mol. The second kappa shape index (κ2) is 7.94. The van der Waals surface area contributed by atoms with Crippen LogP contribution in [0.25, 0.3) is 11.4 Å². The van der Waals surface area contributed by atoms with E-state index in [1.54, 1.807) is 12.4 Å². The van der Waals surface area contributed by atoms with E-state index in [0.29, 0.717) is 0 Å². The van der Waals surface area contributed by atoms with Gasteiger partial charge < -0.3 is 9.88 Å². The quantitative estimate of drug-likeness (QED) is 0.688. The van der Waals surface area contributed by atoms with Gasteiger partial charge in [0.1, 0.15) is 0 Å². The Morgan fingerprint density at radius 2 is 1.84 bits per heavy atom. The van der Waals surface area contributed by atoms with Gasteiger partial charge in [0.2, 0.25) is 5.91 Å². The molecular formula is C18H19N5OS. The van der Waals surface area contributed by atoms with Gasteiger partial charge in [0.15, 0.2) is 11.0 Å². The zero-order valence-corrected chi connectivity index (χ0v) is 15.0. The zero-order valence-electron chi connectivity index (χ0n) is 14.1. The summed E-state index contributed by atoms with van der Waals surface area (Å²) in [7, 11) is 0. The number of hydrogen-bond donors (Lipinski definition) is 1. The van der Waals surface area contributed by atoms with Crippen LogP contribution in [0.3, 0.4) is 0 Å². The first kappa shape index (κ1) is 17.2.